The highest BCUT2D eigenvalue weighted by atomic mass is 32.1. The molecule has 0 radical (unpaired) electrons. The standard InChI is InChI=1S/C15H16N2O4S/c1-3-4-6-10(15(19)20)16-13(18)12-9(2)22-14(17-12)11-7-5-8-21-11/h3-5,7-8,10H,6H2,1-2H3,(H,16,18)(H,19,20)/b4-3+. The molecule has 22 heavy (non-hydrogen) atoms. The summed E-state index contributed by atoms with van der Waals surface area (Å²) in [5.74, 6) is -0.995. The molecule has 2 N–H and O–H groups in total. The van der Waals surface area contributed by atoms with Gasteiger partial charge in [0, 0.05) is 4.88 Å². The summed E-state index contributed by atoms with van der Waals surface area (Å²) in [4.78, 5) is 28.4. The molecule has 1 unspecified atom stereocenters. The summed E-state index contributed by atoms with van der Waals surface area (Å²) in [6, 6.07) is 2.52. The highest BCUT2D eigenvalue weighted by molar-refractivity contribution is 7.15. The van der Waals surface area contributed by atoms with E-state index in [9.17, 15) is 9.59 Å². The van der Waals surface area contributed by atoms with Gasteiger partial charge >= 0.3 is 5.97 Å². The van der Waals surface area contributed by atoms with Gasteiger partial charge in [-0.2, -0.15) is 0 Å². The quantitative estimate of drug-likeness (QED) is 0.798. The Morgan fingerprint density at radius 2 is 2.32 bits per heavy atom. The molecule has 2 rings (SSSR count). The number of furan rings is 1. The molecular weight excluding hydrogens is 304 g/mol. The molecule has 0 bridgehead atoms. The van der Waals surface area contributed by atoms with E-state index in [0.717, 1.165) is 0 Å². The van der Waals surface area contributed by atoms with Gasteiger partial charge in [-0.25, -0.2) is 9.78 Å². The van der Waals surface area contributed by atoms with Crippen LogP contribution >= 0.6 is 11.3 Å². The van der Waals surface area contributed by atoms with Gasteiger partial charge in [-0.05, 0) is 32.4 Å². The SMILES string of the molecule is C/C=C/CC(NC(=O)c1nc(-c2ccco2)sc1C)C(=O)O. The predicted octanol–water partition coefficient (Wildman–Crippen LogP) is 2.86. The Balaban J connectivity index is 2.17. The largest absolute Gasteiger partial charge is 0.480 e. The van der Waals surface area contributed by atoms with Crippen LogP contribution in [-0.2, 0) is 4.79 Å². The molecule has 2 heterocycles. The number of carbonyl (C=O) groups is 2. The molecule has 1 amide bonds. The number of aromatic nitrogens is 1. The van der Waals surface area contributed by atoms with Crippen molar-refractivity contribution in [2.45, 2.75) is 26.3 Å². The van der Waals surface area contributed by atoms with Gasteiger partial charge < -0.3 is 14.8 Å². The number of carboxylic acids is 1. The first-order chi connectivity index (χ1) is 10.5. The minimum absolute atomic E-state index is 0.225. The van der Waals surface area contributed by atoms with E-state index in [1.807, 2.05) is 0 Å². The van der Waals surface area contributed by atoms with Crippen molar-refractivity contribution in [3.63, 3.8) is 0 Å². The molecule has 2 aromatic rings. The maximum atomic E-state index is 12.2. The summed E-state index contributed by atoms with van der Waals surface area (Å²) >= 11 is 1.33. The molecule has 0 spiro atoms. The fourth-order valence-corrected chi connectivity index (χ4v) is 2.71. The lowest BCUT2D eigenvalue weighted by atomic mass is 10.2. The summed E-state index contributed by atoms with van der Waals surface area (Å²) < 4.78 is 5.25. The Morgan fingerprint density at radius 3 is 2.91 bits per heavy atom. The summed E-state index contributed by atoms with van der Waals surface area (Å²) in [6.45, 7) is 3.56. The zero-order chi connectivity index (χ0) is 16.1. The van der Waals surface area contributed by atoms with Gasteiger partial charge in [0.1, 0.15) is 11.7 Å². The predicted molar refractivity (Wildman–Crippen MR) is 82.9 cm³/mol. The maximum Gasteiger partial charge on any atom is 0.326 e. The molecule has 0 aliphatic carbocycles. The number of nitrogens with zero attached hydrogens (tertiary/aromatic N) is 1. The van der Waals surface area contributed by atoms with Crippen LogP contribution in [0.15, 0.2) is 35.0 Å². The highest BCUT2D eigenvalue weighted by Gasteiger charge is 2.23. The van der Waals surface area contributed by atoms with Crippen LogP contribution in [-0.4, -0.2) is 28.0 Å². The van der Waals surface area contributed by atoms with E-state index in [4.69, 9.17) is 9.52 Å². The average Bonchev–Trinajstić information content (AvgIpc) is 3.11. The second-order valence-corrected chi connectivity index (χ2v) is 5.77. The molecule has 0 aromatic carbocycles. The lowest BCUT2D eigenvalue weighted by Gasteiger charge is -2.11. The molecule has 0 saturated carbocycles. The molecule has 0 fully saturated rings. The number of hydrogen-bond donors (Lipinski definition) is 2. The number of carbonyl (C=O) groups excluding carboxylic acids is 1. The van der Waals surface area contributed by atoms with Crippen molar-refractivity contribution in [1.82, 2.24) is 10.3 Å². The summed E-state index contributed by atoms with van der Waals surface area (Å²) in [7, 11) is 0. The maximum absolute atomic E-state index is 12.2. The average molecular weight is 320 g/mol. The first kappa shape index (κ1) is 16.0. The van der Waals surface area contributed by atoms with Gasteiger partial charge in [-0.1, -0.05) is 12.2 Å². The molecule has 1 atom stereocenters. The molecule has 0 saturated heterocycles. The van der Waals surface area contributed by atoms with Crippen LogP contribution in [0, 0.1) is 6.92 Å². The monoisotopic (exact) mass is 320 g/mol. The van der Waals surface area contributed by atoms with E-state index in [-0.39, 0.29) is 12.1 Å². The Hall–Kier alpha value is -2.41. The zero-order valence-electron chi connectivity index (χ0n) is 12.2. The van der Waals surface area contributed by atoms with Crippen LogP contribution in [0.5, 0.6) is 0 Å². The minimum atomic E-state index is -1.08. The van der Waals surface area contributed by atoms with Gasteiger partial charge in [0.05, 0.1) is 6.26 Å². The molecule has 0 aliphatic rings. The molecule has 116 valence electrons. The van der Waals surface area contributed by atoms with E-state index >= 15 is 0 Å². The van der Waals surface area contributed by atoms with E-state index in [0.29, 0.717) is 15.6 Å². The Kier molecular flexibility index (Phi) is 5.11. The number of hydrogen-bond acceptors (Lipinski definition) is 5. The number of carboxylic acid groups (broad SMARTS) is 1. The lowest BCUT2D eigenvalue weighted by Crippen LogP contribution is -2.40. The summed E-state index contributed by atoms with van der Waals surface area (Å²) in [5, 5.41) is 12.2. The zero-order valence-corrected chi connectivity index (χ0v) is 13.0. The van der Waals surface area contributed by atoms with E-state index in [1.165, 1.54) is 17.6 Å². The number of allylic oxidation sites excluding steroid dienone is 1. The van der Waals surface area contributed by atoms with Crippen molar-refractivity contribution in [2.24, 2.45) is 0 Å². The fraction of sp³-hybridized carbons (Fsp3) is 0.267. The van der Waals surface area contributed by atoms with Gasteiger partial charge in [-0.3, -0.25) is 4.79 Å². The van der Waals surface area contributed by atoms with Gasteiger partial charge in [0.15, 0.2) is 10.8 Å². The van der Waals surface area contributed by atoms with Crippen molar-refractivity contribution in [2.75, 3.05) is 0 Å². The van der Waals surface area contributed by atoms with Crippen molar-refractivity contribution in [1.29, 1.82) is 0 Å². The molecule has 6 nitrogen and oxygen atoms in total. The molecular formula is C15H16N2O4S. The third-order valence-electron chi connectivity index (χ3n) is 2.95. The van der Waals surface area contributed by atoms with E-state index < -0.39 is 17.9 Å². The molecule has 2 aromatic heterocycles. The van der Waals surface area contributed by atoms with Crippen LogP contribution < -0.4 is 5.32 Å². The third-order valence-corrected chi connectivity index (χ3v) is 3.94. The number of aryl methyl sites for hydroxylation is 1. The summed E-state index contributed by atoms with van der Waals surface area (Å²) in [6.07, 6.45) is 5.20. The topological polar surface area (TPSA) is 92.4 Å². The third kappa shape index (κ3) is 3.62. The number of rotatable bonds is 6. The summed E-state index contributed by atoms with van der Waals surface area (Å²) in [5.41, 5.74) is 0.225. The molecule has 0 aliphatic heterocycles. The van der Waals surface area contributed by atoms with Crippen molar-refractivity contribution >= 4 is 23.2 Å². The number of aliphatic carboxylic acids is 1. The van der Waals surface area contributed by atoms with E-state index in [1.54, 1.807) is 38.1 Å². The van der Waals surface area contributed by atoms with Crippen LogP contribution in [0.4, 0.5) is 0 Å². The number of amides is 1. The Morgan fingerprint density at radius 1 is 1.55 bits per heavy atom. The minimum Gasteiger partial charge on any atom is -0.480 e. The molecule has 7 heteroatoms. The first-order valence-corrected chi connectivity index (χ1v) is 7.50. The van der Waals surface area contributed by atoms with E-state index in [2.05, 4.69) is 10.3 Å². The first-order valence-electron chi connectivity index (χ1n) is 6.69. The Bertz CT molecular complexity index is 688. The normalized spacial score (nSPS) is 12.5. The van der Waals surface area contributed by atoms with Crippen LogP contribution in [0.1, 0.15) is 28.7 Å². The lowest BCUT2D eigenvalue weighted by molar-refractivity contribution is -0.139. The highest BCUT2D eigenvalue weighted by Crippen LogP contribution is 2.27. The van der Waals surface area contributed by atoms with Gasteiger partial charge in [0.25, 0.3) is 5.91 Å². The number of nitrogens with one attached hydrogen (secondary N) is 1. The Labute approximate surface area is 131 Å². The van der Waals surface area contributed by atoms with Crippen molar-refractivity contribution in [3.05, 3.63) is 41.1 Å². The second kappa shape index (κ2) is 7.04. The van der Waals surface area contributed by atoms with Crippen LogP contribution in [0.3, 0.4) is 0 Å². The number of thiazole rings is 1. The second-order valence-electron chi connectivity index (χ2n) is 4.57. The van der Waals surface area contributed by atoms with Gasteiger partial charge in [0.2, 0.25) is 0 Å². The van der Waals surface area contributed by atoms with Crippen LogP contribution in [0.25, 0.3) is 10.8 Å². The smallest absolute Gasteiger partial charge is 0.326 e. The fourth-order valence-electron chi connectivity index (χ4n) is 1.83. The van der Waals surface area contributed by atoms with Crippen molar-refractivity contribution in [3.8, 4) is 10.8 Å². The van der Waals surface area contributed by atoms with Gasteiger partial charge in [-0.15, -0.1) is 11.3 Å². The van der Waals surface area contributed by atoms with Crippen molar-refractivity contribution < 1.29 is 19.1 Å². The van der Waals surface area contributed by atoms with Crippen LogP contribution in [0.2, 0.25) is 0 Å².